The Kier molecular flexibility index (Phi) is 3.69. The summed E-state index contributed by atoms with van der Waals surface area (Å²) in [6.07, 6.45) is 0. The molecule has 0 heterocycles. The lowest BCUT2D eigenvalue weighted by Crippen LogP contribution is -2.05. The Hall–Kier alpha value is -0.410. The molecule has 0 aliphatic heterocycles. The number of alkyl halides is 1. The first-order valence-electron chi connectivity index (χ1n) is 3.70. The number of halogens is 2. The van der Waals surface area contributed by atoms with E-state index in [1.807, 2.05) is 24.3 Å². The predicted molar refractivity (Wildman–Crippen MR) is 49.9 cm³/mol. The molecule has 1 aromatic rings. The second-order valence-corrected chi connectivity index (χ2v) is 3.50. The Balaban J connectivity index is 2.80. The van der Waals surface area contributed by atoms with Crippen LogP contribution in [0.25, 0.3) is 0 Å². The molecule has 1 unspecified atom stereocenters. The lowest BCUT2D eigenvalue weighted by molar-refractivity contribution is 0.241. The quantitative estimate of drug-likeness (QED) is 0.850. The zero-order valence-electron chi connectivity index (χ0n) is 6.50. The van der Waals surface area contributed by atoms with Crippen molar-refractivity contribution in [1.29, 1.82) is 0 Å². The summed E-state index contributed by atoms with van der Waals surface area (Å²) >= 11 is 3.28. The minimum absolute atomic E-state index is 0.141. The summed E-state index contributed by atoms with van der Waals surface area (Å²) in [6, 6.07) is 7.30. The van der Waals surface area contributed by atoms with Gasteiger partial charge in [0.15, 0.2) is 0 Å². The van der Waals surface area contributed by atoms with E-state index in [2.05, 4.69) is 15.9 Å². The van der Waals surface area contributed by atoms with E-state index in [9.17, 15) is 4.39 Å². The molecule has 1 atom stereocenters. The van der Waals surface area contributed by atoms with E-state index < -0.39 is 6.67 Å². The van der Waals surface area contributed by atoms with Gasteiger partial charge in [-0.15, -0.1) is 0 Å². The van der Waals surface area contributed by atoms with Gasteiger partial charge in [0.05, 0.1) is 13.3 Å². The maximum absolute atomic E-state index is 12.3. The van der Waals surface area contributed by atoms with Crippen molar-refractivity contribution in [1.82, 2.24) is 0 Å². The van der Waals surface area contributed by atoms with E-state index in [-0.39, 0.29) is 12.5 Å². The number of rotatable bonds is 3. The van der Waals surface area contributed by atoms with E-state index in [0.717, 1.165) is 10.0 Å². The van der Waals surface area contributed by atoms with Crippen LogP contribution in [-0.4, -0.2) is 18.4 Å². The standard InChI is InChI=1S/C9H10BrFO/c10-9-3-1-7(2-4-9)8(5-11)6-12/h1-4,8,12H,5-6H2. The van der Waals surface area contributed by atoms with Crippen LogP contribution in [0.3, 0.4) is 0 Å². The van der Waals surface area contributed by atoms with Gasteiger partial charge in [-0.3, -0.25) is 4.39 Å². The molecule has 0 aliphatic carbocycles. The lowest BCUT2D eigenvalue weighted by atomic mass is 10.0. The monoisotopic (exact) mass is 232 g/mol. The molecule has 3 heteroatoms. The molecule has 1 aromatic carbocycles. The van der Waals surface area contributed by atoms with Gasteiger partial charge in [0.25, 0.3) is 0 Å². The van der Waals surface area contributed by atoms with E-state index >= 15 is 0 Å². The van der Waals surface area contributed by atoms with Gasteiger partial charge in [0.1, 0.15) is 0 Å². The molecule has 0 radical (unpaired) electrons. The van der Waals surface area contributed by atoms with E-state index in [0.29, 0.717) is 0 Å². The fourth-order valence-corrected chi connectivity index (χ4v) is 1.24. The van der Waals surface area contributed by atoms with Gasteiger partial charge < -0.3 is 5.11 Å². The van der Waals surface area contributed by atoms with Crippen molar-refractivity contribution in [2.45, 2.75) is 5.92 Å². The molecule has 1 rings (SSSR count). The molecule has 66 valence electrons. The highest BCUT2D eigenvalue weighted by Crippen LogP contribution is 2.18. The van der Waals surface area contributed by atoms with Crippen molar-refractivity contribution in [3.8, 4) is 0 Å². The largest absolute Gasteiger partial charge is 0.396 e. The topological polar surface area (TPSA) is 20.2 Å². The molecule has 0 aliphatic rings. The van der Waals surface area contributed by atoms with Crippen LogP contribution >= 0.6 is 15.9 Å². The van der Waals surface area contributed by atoms with Gasteiger partial charge >= 0.3 is 0 Å². The van der Waals surface area contributed by atoms with E-state index in [1.54, 1.807) is 0 Å². The van der Waals surface area contributed by atoms with Crippen molar-refractivity contribution in [3.63, 3.8) is 0 Å². The Labute approximate surface area is 79.4 Å². The highest BCUT2D eigenvalue weighted by molar-refractivity contribution is 9.10. The van der Waals surface area contributed by atoms with Crippen molar-refractivity contribution in [2.24, 2.45) is 0 Å². The van der Waals surface area contributed by atoms with Gasteiger partial charge in [-0.1, -0.05) is 28.1 Å². The molecule has 0 fully saturated rings. The van der Waals surface area contributed by atoms with Gasteiger partial charge in [-0.05, 0) is 17.7 Å². The van der Waals surface area contributed by atoms with Crippen molar-refractivity contribution in [2.75, 3.05) is 13.3 Å². The number of aliphatic hydroxyl groups excluding tert-OH is 1. The first-order valence-corrected chi connectivity index (χ1v) is 4.49. The third-order valence-electron chi connectivity index (χ3n) is 1.75. The van der Waals surface area contributed by atoms with Crippen LogP contribution in [0.2, 0.25) is 0 Å². The van der Waals surface area contributed by atoms with Crippen LogP contribution in [0.1, 0.15) is 11.5 Å². The fraction of sp³-hybridized carbons (Fsp3) is 0.333. The molecule has 0 saturated heterocycles. The van der Waals surface area contributed by atoms with Crippen LogP contribution in [-0.2, 0) is 0 Å². The molecule has 0 saturated carbocycles. The fourth-order valence-electron chi connectivity index (χ4n) is 0.978. The van der Waals surface area contributed by atoms with Crippen LogP contribution < -0.4 is 0 Å². The highest BCUT2D eigenvalue weighted by atomic mass is 79.9. The normalized spacial score (nSPS) is 12.9. The third kappa shape index (κ3) is 2.29. The number of aliphatic hydroxyl groups is 1. The smallest absolute Gasteiger partial charge is 0.0984 e. The SMILES string of the molecule is OCC(CF)c1ccc(Br)cc1. The first-order chi connectivity index (χ1) is 5.77. The van der Waals surface area contributed by atoms with Gasteiger partial charge in [-0.2, -0.15) is 0 Å². The zero-order chi connectivity index (χ0) is 8.97. The highest BCUT2D eigenvalue weighted by Gasteiger charge is 2.08. The predicted octanol–water partition coefficient (Wildman–Crippen LogP) is 2.49. The third-order valence-corrected chi connectivity index (χ3v) is 2.28. The van der Waals surface area contributed by atoms with Crippen LogP contribution in [0.5, 0.6) is 0 Å². The van der Waals surface area contributed by atoms with Crippen LogP contribution in [0.15, 0.2) is 28.7 Å². The Morgan fingerprint density at radius 2 is 1.92 bits per heavy atom. The van der Waals surface area contributed by atoms with Gasteiger partial charge in [0.2, 0.25) is 0 Å². The minimum Gasteiger partial charge on any atom is -0.396 e. The van der Waals surface area contributed by atoms with Crippen LogP contribution in [0, 0.1) is 0 Å². The summed E-state index contributed by atoms with van der Waals surface area (Å²) in [5, 5.41) is 8.80. The second kappa shape index (κ2) is 4.58. The zero-order valence-corrected chi connectivity index (χ0v) is 8.09. The summed E-state index contributed by atoms with van der Waals surface area (Å²) in [5.74, 6) is -0.377. The Morgan fingerprint density at radius 3 is 2.33 bits per heavy atom. The maximum atomic E-state index is 12.3. The molecule has 1 N–H and O–H groups in total. The lowest BCUT2D eigenvalue weighted by Gasteiger charge is -2.09. The van der Waals surface area contributed by atoms with E-state index in [4.69, 9.17) is 5.11 Å². The molecular formula is C9H10BrFO. The number of benzene rings is 1. The van der Waals surface area contributed by atoms with Crippen molar-refractivity contribution >= 4 is 15.9 Å². The van der Waals surface area contributed by atoms with Crippen LogP contribution in [0.4, 0.5) is 4.39 Å². The summed E-state index contributed by atoms with van der Waals surface area (Å²) in [5.41, 5.74) is 0.836. The van der Waals surface area contributed by atoms with Gasteiger partial charge in [0, 0.05) is 10.4 Å². The summed E-state index contributed by atoms with van der Waals surface area (Å²) < 4.78 is 13.2. The number of hydrogen-bond donors (Lipinski definition) is 1. The number of hydrogen-bond acceptors (Lipinski definition) is 1. The molecule has 12 heavy (non-hydrogen) atoms. The van der Waals surface area contributed by atoms with Crippen molar-refractivity contribution in [3.05, 3.63) is 34.3 Å². The Bertz CT molecular complexity index is 231. The molecule has 0 aromatic heterocycles. The molecule has 0 amide bonds. The molecule has 1 nitrogen and oxygen atoms in total. The molecule has 0 bridgehead atoms. The average Bonchev–Trinajstić information content (AvgIpc) is 2.10. The minimum atomic E-state index is -0.516. The second-order valence-electron chi connectivity index (χ2n) is 2.59. The maximum Gasteiger partial charge on any atom is 0.0984 e. The molecule has 0 spiro atoms. The van der Waals surface area contributed by atoms with E-state index in [1.165, 1.54) is 0 Å². The van der Waals surface area contributed by atoms with Crippen molar-refractivity contribution < 1.29 is 9.50 Å². The first kappa shape index (κ1) is 9.68. The summed E-state index contributed by atoms with van der Waals surface area (Å²) in [6.45, 7) is -0.656. The summed E-state index contributed by atoms with van der Waals surface area (Å²) in [4.78, 5) is 0. The average molecular weight is 233 g/mol. The summed E-state index contributed by atoms with van der Waals surface area (Å²) in [7, 11) is 0. The van der Waals surface area contributed by atoms with Gasteiger partial charge in [-0.25, -0.2) is 0 Å². The molecular weight excluding hydrogens is 223 g/mol. The Morgan fingerprint density at radius 1 is 1.33 bits per heavy atom.